The molecule has 1 saturated heterocycles. The van der Waals surface area contributed by atoms with Crippen molar-refractivity contribution in [1.82, 2.24) is 4.90 Å². The van der Waals surface area contributed by atoms with Crippen molar-refractivity contribution in [2.45, 2.75) is 43.5 Å². The van der Waals surface area contributed by atoms with Crippen LogP contribution in [0.25, 0.3) is 11.1 Å². The number of likely N-dealkylation sites (tertiary alicyclic amines) is 1. The van der Waals surface area contributed by atoms with E-state index < -0.39 is 30.2 Å². The minimum absolute atomic E-state index is 0.134. The number of carbonyl (C=O) groups is 2. The summed E-state index contributed by atoms with van der Waals surface area (Å²) in [6.07, 6.45) is -4.57. The van der Waals surface area contributed by atoms with Crippen LogP contribution < -0.4 is 5.32 Å². The summed E-state index contributed by atoms with van der Waals surface area (Å²) in [5.41, 5.74) is 5.70. The molecule has 2 heterocycles. The Morgan fingerprint density at radius 2 is 1.66 bits per heavy atom. The summed E-state index contributed by atoms with van der Waals surface area (Å²) in [4.78, 5) is 30.6. The summed E-state index contributed by atoms with van der Waals surface area (Å²) >= 11 is 0. The van der Waals surface area contributed by atoms with Gasteiger partial charge < -0.3 is 19.7 Å². The van der Waals surface area contributed by atoms with E-state index in [9.17, 15) is 22.8 Å². The number of rotatable bonds is 4. The van der Waals surface area contributed by atoms with Crippen molar-refractivity contribution >= 4 is 23.6 Å². The SMILES string of the molecule is COC(=O)c1ccc2c(c1)Cc1cc(NC(=O)C3OC(N4CCC(c5ccccc5)CC4)=NC3C(F)(F)F)ccc1-2. The zero-order valence-corrected chi connectivity index (χ0v) is 22.3. The second-order valence-electron chi connectivity index (χ2n) is 10.5. The third-order valence-corrected chi connectivity index (χ3v) is 7.97. The molecule has 0 spiro atoms. The molecule has 1 aliphatic carbocycles. The maximum Gasteiger partial charge on any atom is 0.415 e. The van der Waals surface area contributed by atoms with Gasteiger partial charge in [-0.3, -0.25) is 4.79 Å². The molecule has 1 amide bonds. The van der Waals surface area contributed by atoms with Crippen LogP contribution in [0.5, 0.6) is 0 Å². The number of carbonyl (C=O) groups excluding carboxylic acids is 2. The molecular weight excluding hydrogens is 535 g/mol. The lowest BCUT2D eigenvalue weighted by Crippen LogP contribution is -2.45. The Balaban J connectivity index is 1.14. The van der Waals surface area contributed by atoms with Crippen LogP contribution in [0.3, 0.4) is 0 Å². The minimum Gasteiger partial charge on any atom is -0.465 e. The summed E-state index contributed by atoms with van der Waals surface area (Å²) in [6, 6.07) is 18.1. The molecule has 1 N–H and O–H groups in total. The normalized spacial score (nSPS) is 20.1. The van der Waals surface area contributed by atoms with Crippen LogP contribution in [-0.2, 0) is 20.7 Å². The molecule has 3 aliphatic rings. The number of benzene rings is 3. The number of piperidine rings is 1. The molecule has 0 saturated carbocycles. The molecule has 10 heteroatoms. The Morgan fingerprint density at radius 1 is 0.976 bits per heavy atom. The van der Waals surface area contributed by atoms with Gasteiger partial charge >= 0.3 is 12.1 Å². The average Bonchev–Trinajstić information content (AvgIpc) is 3.59. The Hall–Kier alpha value is -4.34. The molecule has 0 radical (unpaired) electrons. The first-order chi connectivity index (χ1) is 19.7. The fraction of sp³-hybridized carbons (Fsp3) is 0.323. The zero-order chi connectivity index (χ0) is 28.7. The van der Waals surface area contributed by atoms with E-state index in [0.717, 1.165) is 35.1 Å². The number of ether oxygens (including phenoxy) is 2. The van der Waals surface area contributed by atoms with E-state index in [1.54, 1.807) is 29.2 Å². The lowest BCUT2D eigenvalue weighted by Gasteiger charge is -2.32. The Kier molecular flexibility index (Phi) is 6.93. The Labute approximate surface area is 235 Å². The third-order valence-electron chi connectivity index (χ3n) is 7.97. The van der Waals surface area contributed by atoms with Crippen molar-refractivity contribution in [3.63, 3.8) is 0 Å². The maximum absolute atomic E-state index is 14.0. The predicted octanol–water partition coefficient (Wildman–Crippen LogP) is 5.55. The van der Waals surface area contributed by atoms with Crippen molar-refractivity contribution < 1.29 is 32.2 Å². The smallest absolute Gasteiger partial charge is 0.415 e. The number of amides is 1. The van der Waals surface area contributed by atoms with Gasteiger partial charge in [-0.05, 0) is 77.3 Å². The van der Waals surface area contributed by atoms with Crippen LogP contribution >= 0.6 is 0 Å². The Bertz CT molecular complexity index is 1510. The van der Waals surface area contributed by atoms with E-state index in [2.05, 4.69) is 22.4 Å². The summed E-state index contributed by atoms with van der Waals surface area (Å²) in [6.45, 7) is 0.973. The number of hydrogen-bond acceptors (Lipinski definition) is 6. The predicted molar refractivity (Wildman–Crippen MR) is 147 cm³/mol. The number of alkyl halides is 3. The number of amidine groups is 1. The van der Waals surface area contributed by atoms with Gasteiger partial charge in [0.05, 0.1) is 12.7 Å². The van der Waals surface area contributed by atoms with Gasteiger partial charge in [0.15, 0.2) is 6.04 Å². The summed E-state index contributed by atoms with van der Waals surface area (Å²) in [5, 5.41) is 2.60. The van der Waals surface area contributed by atoms with Crippen LogP contribution in [0.15, 0.2) is 71.7 Å². The first-order valence-corrected chi connectivity index (χ1v) is 13.5. The quantitative estimate of drug-likeness (QED) is 0.330. The van der Waals surface area contributed by atoms with Gasteiger partial charge in [0.25, 0.3) is 11.9 Å². The largest absolute Gasteiger partial charge is 0.465 e. The molecule has 212 valence electrons. The van der Waals surface area contributed by atoms with Gasteiger partial charge in [-0.15, -0.1) is 0 Å². The van der Waals surface area contributed by atoms with Crippen molar-refractivity contribution in [3.05, 3.63) is 89.0 Å². The summed E-state index contributed by atoms with van der Waals surface area (Å²) in [5.74, 6) is -1.03. The molecule has 6 rings (SSSR count). The number of hydrogen-bond donors (Lipinski definition) is 1. The Morgan fingerprint density at radius 3 is 2.34 bits per heavy atom. The number of esters is 1. The first-order valence-electron chi connectivity index (χ1n) is 13.5. The van der Waals surface area contributed by atoms with E-state index in [4.69, 9.17) is 9.47 Å². The topological polar surface area (TPSA) is 80.2 Å². The molecule has 41 heavy (non-hydrogen) atoms. The number of aliphatic imine (C=N–C) groups is 1. The van der Waals surface area contributed by atoms with Gasteiger partial charge in [0.2, 0.25) is 6.10 Å². The van der Waals surface area contributed by atoms with E-state index in [-0.39, 0.29) is 6.02 Å². The lowest BCUT2D eigenvalue weighted by atomic mass is 9.90. The second kappa shape index (κ2) is 10.6. The molecule has 0 bridgehead atoms. The van der Waals surface area contributed by atoms with Gasteiger partial charge in [-0.2, -0.15) is 13.2 Å². The van der Waals surface area contributed by atoms with Crippen molar-refractivity contribution in [2.75, 3.05) is 25.5 Å². The number of anilines is 1. The zero-order valence-electron chi connectivity index (χ0n) is 22.3. The number of nitrogens with one attached hydrogen (secondary N) is 1. The first kappa shape index (κ1) is 26.9. The molecule has 3 aromatic carbocycles. The third kappa shape index (κ3) is 5.26. The summed E-state index contributed by atoms with van der Waals surface area (Å²) < 4.78 is 52.3. The maximum atomic E-state index is 14.0. The number of halogens is 3. The van der Waals surface area contributed by atoms with Crippen LogP contribution in [0, 0.1) is 0 Å². The summed E-state index contributed by atoms with van der Waals surface area (Å²) in [7, 11) is 1.32. The molecular formula is C31H28F3N3O4. The molecule has 1 fully saturated rings. The van der Waals surface area contributed by atoms with Gasteiger partial charge in [-0.25, -0.2) is 9.79 Å². The highest BCUT2D eigenvalue weighted by Crippen LogP contribution is 2.39. The van der Waals surface area contributed by atoms with Crippen molar-refractivity contribution in [2.24, 2.45) is 4.99 Å². The molecule has 2 atom stereocenters. The molecule has 3 aromatic rings. The van der Waals surface area contributed by atoms with E-state index in [1.165, 1.54) is 12.7 Å². The van der Waals surface area contributed by atoms with Crippen molar-refractivity contribution in [1.29, 1.82) is 0 Å². The number of nitrogens with zero attached hydrogens (tertiary/aromatic N) is 2. The van der Waals surface area contributed by atoms with Crippen LogP contribution in [0.1, 0.15) is 45.8 Å². The fourth-order valence-electron chi connectivity index (χ4n) is 5.87. The highest BCUT2D eigenvalue weighted by Gasteiger charge is 2.54. The molecule has 2 unspecified atom stereocenters. The van der Waals surface area contributed by atoms with Crippen LogP contribution in [0.4, 0.5) is 18.9 Å². The van der Waals surface area contributed by atoms with Gasteiger partial charge in [-0.1, -0.05) is 42.5 Å². The fourth-order valence-corrected chi connectivity index (χ4v) is 5.87. The molecule has 0 aromatic heterocycles. The van der Waals surface area contributed by atoms with E-state index in [1.807, 2.05) is 30.3 Å². The van der Waals surface area contributed by atoms with E-state index >= 15 is 0 Å². The molecule has 2 aliphatic heterocycles. The number of methoxy groups -OCH3 is 1. The highest BCUT2D eigenvalue weighted by atomic mass is 19.4. The molecule has 7 nitrogen and oxygen atoms in total. The van der Waals surface area contributed by atoms with Crippen LogP contribution in [-0.4, -0.2) is 61.3 Å². The minimum atomic E-state index is -4.75. The number of fused-ring (bicyclic) bond motifs is 3. The highest BCUT2D eigenvalue weighted by molar-refractivity contribution is 5.98. The average molecular weight is 564 g/mol. The van der Waals surface area contributed by atoms with Gasteiger partial charge in [0.1, 0.15) is 0 Å². The lowest BCUT2D eigenvalue weighted by molar-refractivity contribution is -0.165. The second-order valence-corrected chi connectivity index (χ2v) is 10.5. The van der Waals surface area contributed by atoms with Gasteiger partial charge in [0, 0.05) is 18.8 Å². The van der Waals surface area contributed by atoms with Crippen molar-refractivity contribution in [3.8, 4) is 11.1 Å². The van der Waals surface area contributed by atoms with E-state index in [0.29, 0.717) is 36.7 Å². The monoisotopic (exact) mass is 563 g/mol. The van der Waals surface area contributed by atoms with Crippen LogP contribution in [0.2, 0.25) is 0 Å². The standard InChI is InChI=1S/C31H28F3N3O4/c1-40-29(39)20-7-9-24-21(15-20)16-22-17-23(8-10-25(22)24)35-28(38)26-27(31(32,33)34)36-30(41-26)37-13-11-19(12-14-37)18-5-3-2-4-6-18/h2-10,15,17,19,26-27H,11-14,16H2,1H3,(H,35,38).